The molecule has 0 aliphatic heterocycles. The predicted octanol–water partition coefficient (Wildman–Crippen LogP) is -3.21. The lowest BCUT2D eigenvalue weighted by atomic mass is 10.1. The first-order chi connectivity index (χ1) is 22.0. The molecule has 0 unspecified atom stereocenters. The molecule has 20 heteroatoms. The zero-order chi connectivity index (χ0) is 34.0. The van der Waals surface area contributed by atoms with Gasteiger partial charge < -0.3 is 28.4 Å². The smallest absolute Gasteiger partial charge is 0.340 e. The highest BCUT2D eigenvalue weighted by molar-refractivity contribution is 5.95. The predicted molar refractivity (Wildman–Crippen MR) is 153 cm³/mol. The molecule has 0 fully saturated rings. The highest BCUT2D eigenvalue weighted by Gasteiger charge is 2.18. The van der Waals surface area contributed by atoms with Gasteiger partial charge in [-0.25, -0.2) is 65.8 Å². The molecule has 2 heterocycles. The Kier molecular flexibility index (Phi) is 12.4. The van der Waals surface area contributed by atoms with Crippen LogP contribution in [0.3, 0.4) is 0 Å². The molecule has 0 atom stereocenters. The van der Waals surface area contributed by atoms with Crippen molar-refractivity contribution in [1.82, 2.24) is 27.4 Å². The topological polar surface area (TPSA) is 222 Å². The van der Waals surface area contributed by atoms with Crippen LogP contribution in [-0.2, 0) is 68.4 Å². The number of carbonyl (C=O) groups is 2. The summed E-state index contributed by atoms with van der Waals surface area (Å²) in [6.45, 7) is -3.49. The Hall–Kier alpha value is -5.18. The van der Waals surface area contributed by atoms with Gasteiger partial charge in [0.25, 0.3) is 0 Å². The first kappa shape index (κ1) is 35.3. The Labute approximate surface area is 257 Å². The second kappa shape index (κ2) is 16.2. The summed E-state index contributed by atoms with van der Waals surface area (Å²) in [6.07, 6.45) is 0. The number of esters is 2. The third-order valence-corrected chi connectivity index (χ3v) is 6.23. The van der Waals surface area contributed by atoms with Crippen molar-refractivity contribution in [3.8, 4) is 0 Å². The maximum atomic E-state index is 12.7. The number of methoxy groups -OCH3 is 4. The zero-order valence-corrected chi connectivity index (χ0v) is 25.4. The van der Waals surface area contributed by atoms with Crippen LogP contribution < -0.4 is 34.1 Å². The maximum absolute atomic E-state index is 12.7. The van der Waals surface area contributed by atoms with Crippen LogP contribution in [0.1, 0.15) is 20.7 Å². The lowest BCUT2D eigenvalue weighted by molar-refractivity contribution is 0.0478. The van der Waals surface area contributed by atoms with E-state index in [9.17, 15) is 38.4 Å². The summed E-state index contributed by atoms with van der Waals surface area (Å²) < 4.78 is 33.8. The van der Waals surface area contributed by atoms with Crippen LogP contribution in [0, 0.1) is 0 Å². The van der Waals surface area contributed by atoms with Gasteiger partial charge in [-0.2, -0.15) is 0 Å². The van der Waals surface area contributed by atoms with Gasteiger partial charge in [0.1, 0.15) is 40.1 Å². The van der Waals surface area contributed by atoms with Gasteiger partial charge in [-0.3, -0.25) is 0 Å². The summed E-state index contributed by atoms with van der Waals surface area (Å²) in [4.78, 5) is 101. The molecule has 0 aliphatic rings. The van der Waals surface area contributed by atoms with E-state index < -0.39 is 99.3 Å². The number of aromatic nitrogens is 6. The molecule has 3 rings (SSSR count). The van der Waals surface area contributed by atoms with Crippen LogP contribution >= 0.6 is 0 Å². The molecule has 0 aliphatic carbocycles. The second-order valence-corrected chi connectivity index (χ2v) is 9.23. The van der Waals surface area contributed by atoms with Gasteiger partial charge in [0.2, 0.25) is 0 Å². The number of carbonyl (C=O) groups excluding carboxylic acids is 2. The molecular weight excluding hydrogens is 620 g/mol. The minimum atomic E-state index is -0.984. The fraction of sp³-hybridized carbons (Fsp3) is 0.462. The van der Waals surface area contributed by atoms with Crippen LogP contribution in [0.25, 0.3) is 0 Å². The van der Waals surface area contributed by atoms with Crippen molar-refractivity contribution >= 4 is 11.9 Å². The van der Waals surface area contributed by atoms with Gasteiger partial charge in [0.15, 0.2) is 0 Å². The van der Waals surface area contributed by atoms with Crippen LogP contribution in [0.4, 0.5) is 0 Å². The number of hydrogen-bond donors (Lipinski definition) is 0. The summed E-state index contributed by atoms with van der Waals surface area (Å²) >= 11 is 0. The molecule has 46 heavy (non-hydrogen) atoms. The Morgan fingerprint density at radius 2 is 0.783 bits per heavy atom. The largest absolute Gasteiger partial charge is 0.460 e. The fourth-order valence-corrected chi connectivity index (χ4v) is 4.10. The highest BCUT2D eigenvalue weighted by atomic mass is 16.5. The van der Waals surface area contributed by atoms with Crippen molar-refractivity contribution in [3.05, 3.63) is 98.3 Å². The average molecular weight is 653 g/mol. The molecule has 2 aromatic heterocycles. The molecule has 250 valence electrons. The maximum Gasteiger partial charge on any atom is 0.340 e. The summed E-state index contributed by atoms with van der Waals surface area (Å²) in [5.74, 6) is -1.81. The lowest BCUT2D eigenvalue weighted by Gasteiger charge is -2.13. The van der Waals surface area contributed by atoms with Crippen molar-refractivity contribution in [2.45, 2.75) is 40.0 Å². The monoisotopic (exact) mass is 652 g/mol. The van der Waals surface area contributed by atoms with Gasteiger partial charge >= 0.3 is 46.1 Å². The summed E-state index contributed by atoms with van der Waals surface area (Å²) in [6, 6.07) is 5.22. The number of hydrogen-bond acceptors (Lipinski definition) is 14. The van der Waals surface area contributed by atoms with Crippen LogP contribution in [0.15, 0.2) is 53.0 Å². The minimum Gasteiger partial charge on any atom is -0.460 e. The third kappa shape index (κ3) is 7.72. The quantitative estimate of drug-likeness (QED) is 0.139. The molecule has 0 N–H and O–H groups in total. The standard InChI is InChI=1S/C26H32N6O14/c1-41-13-29-21(35)27(22(36)30(14-42-2)25(29)39)8-10-45-19(33)17-6-5-7-18(12-17)20(34)46-11-9-28-23(37)31(15-43-3)26(40)32(16-44-4)24(28)38/h5-7,12H,8-11,13-16H2,1-4H3. The Bertz CT molecular complexity index is 1710. The van der Waals surface area contributed by atoms with E-state index >= 15 is 0 Å². The highest BCUT2D eigenvalue weighted by Crippen LogP contribution is 2.09. The molecule has 0 radical (unpaired) electrons. The molecular formula is C26H32N6O14. The SMILES string of the molecule is COCn1c(=O)n(CCOC(=O)c2cccc(C(=O)OCCn3c(=O)n(COC)c(=O)n(COC)c3=O)c2)c(=O)n(COC)c1=O. The van der Waals surface area contributed by atoms with Gasteiger partial charge in [-0.1, -0.05) is 6.07 Å². The zero-order valence-electron chi connectivity index (χ0n) is 25.4. The van der Waals surface area contributed by atoms with Gasteiger partial charge in [0.05, 0.1) is 24.2 Å². The number of benzene rings is 1. The average Bonchev–Trinajstić information content (AvgIpc) is 3.04. The van der Waals surface area contributed by atoms with Crippen LogP contribution in [0.5, 0.6) is 0 Å². The van der Waals surface area contributed by atoms with E-state index in [2.05, 4.69) is 0 Å². The summed E-state index contributed by atoms with van der Waals surface area (Å²) in [5.41, 5.74) is -5.97. The van der Waals surface area contributed by atoms with Crippen LogP contribution in [0.2, 0.25) is 0 Å². The first-order valence-corrected chi connectivity index (χ1v) is 13.3. The van der Waals surface area contributed by atoms with Crippen molar-refractivity contribution in [2.24, 2.45) is 0 Å². The van der Waals surface area contributed by atoms with Crippen molar-refractivity contribution < 1.29 is 38.0 Å². The van der Waals surface area contributed by atoms with Crippen molar-refractivity contribution in [2.75, 3.05) is 41.7 Å². The van der Waals surface area contributed by atoms with E-state index in [0.717, 1.165) is 6.07 Å². The Balaban J connectivity index is 1.70. The lowest BCUT2D eigenvalue weighted by Crippen LogP contribution is -2.55. The van der Waals surface area contributed by atoms with Crippen LogP contribution in [-0.4, -0.2) is 81.0 Å². The van der Waals surface area contributed by atoms with E-state index in [1.807, 2.05) is 0 Å². The molecule has 1 aromatic carbocycles. The number of nitrogens with zero attached hydrogens (tertiary/aromatic N) is 6. The Morgan fingerprint density at radius 3 is 1.07 bits per heavy atom. The molecule has 20 nitrogen and oxygen atoms in total. The van der Waals surface area contributed by atoms with Gasteiger partial charge in [-0.05, 0) is 18.2 Å². The summed E-state index contributed by atoms with van der Waals surface area (Å²) in [7, 11) is 5.00. The molecule has 0 bridgehead atoms. The minimum absolute atomic E-state index is 0.0757. The summed E-state index contributed by atoms with van der Waals surface area (Å²) in [5, 5.41) is 0. The number of ether oxygens (including phenoxy) is 6. The van der Waals surface area contributed by atoms with E-state index in [1.54, 1.807) is 0 Å². The second-order valence-electron chi connectivity index (χ2n) is 9.23. The Morgan fingerprint density at radius 1 is 0.500 bits per heavy atom. The normalized spacial score (nSPS) is 11.0. The first-order valence-electron chi connectivity index (χ1n) is 13.3. The van der Waals surface area contributed by atoms with Crippen molar-refractivity contribution in [3.63, 3.8) is 0 Å². The van der Waals surface area contributed by atoms with E-state index in [-0.39, 0.29) is 11.1 Å². The van der Waals surface area contributed by atoms with Gasteiger partial charge in [0, 0.05) is 28.4 Å². The molecule has 0 spiro atoms. The molecule has 0 saturated carbocycles. The molecule has 0 amide bonds. The molecule has 3 aromatic rings. The third-order valence-electron chi connectivity index (χ3n) is 6.23. The molecule has 0 saturated heterocycles. The fourth-order valence-electron chi connectivity index (χ4n) is 4.10. The van der Waals surface area contributed by atoms with E-state index in [4.69, 9.17) is 28.4 Å². The van der Waals surface area contributed by atoms with Crippen molar-refractivity contribution in [1.29, 1.82) is 0 Å². The van der Waals surface area contributed by atoms with Gasteiger partial charge in [-0.15, -0.1) is 0 Å². The van der Waals surface area contributed by atoms with E-state index in [0.29, 0.717) is 27.4 Å². The number of rotatable bonds is 16. The van der Waals surface area contributed by atoms with E-state index in [1.165, 1.54) is 46.6 Å².